The van der Waals surface area contributed by atoms with Crippen LogP contribution in [-0.4, -0.2) is 34.3 Å². The van der Waals surface area contributed by atoms with Crippen LogP contribution in [0.4, 0.5) is 0 Å². The van der Waals surface area contributed by atoms with Gasteiger partial charge in [0.25, 0.3) is 0 Å². The second-order valence-corrected chi connectivity index (χ2v) is 5.02. The third kappa shape index (κ3) is 3.30. The van der Waals surface area contributed by atoms with Gasteiger partial charge in [0.15, 0.2) is 0 Å². The lowest BCUT2D eigenvalue weighted by atomic mass is 9.98. The maximum absolute atomic E-state index is 5.77. The molecule has 1 aliphatic rings. The van der Waals surface area contributed by atoms with Gasteiger partial charge in [-0.25, -0.2) is 0 Å². The summed E-state index contributed by atoms with van der Waals surface area (Å²) in [5.41, 5.74) is 7.11. The van der Waals surface area contributed by atoms with E-state index in [0.29, 0.717) is 5.92 Å². The van der Waals surface area contributed by atoms with Crippen molar-refractivity contribution in [2.75, 3.05) is 19.6 Å². The van der Waals surface area contributed by atoms with Crippen LogP contribution in [0.15, 0.2) is 12.3 Å². The fraction of sp³-hybridized carbons (Fsp3) is 0.769. The highest BCUT2D eigenvalue weighted by molar-refractivity contribution is 5.00. The van der Waals surface area contributed by atoms with Crippen LogP contribution in [0.25, 0.3) is 0 Å². The summed E-state index contributed by atoms with van der Waals surface area (Å²) in [6.45, 7) is 7.41. The predicted molar refractivity (Wildman–Crippen MR) is 69.6 cm³/mol. The summed E-state index contributed by atoms with van der Waals surface area (Å²) in [6.07, 6.45) is 5.63. The van der Waals surface area contributed by atoms with E-state index in [1.54, 1.807) is 0 Å². The Hall–Kier alpha value is -0.870. The Kier molecular flexibility index (Phi) is 4.57. The third-order valence-corrected chi connectivity index (χ3v) is 3.56. The molecular formula is C13H24N4. The Bertz CT molecular complexity index is 334. The largest absolute Gasteiger partial charge is 0.330 e. The van der Waals surface area contributed by atoms with Crippen molar-refractivity contribution in [3.05, 3.63) is 18.0 Å². The van der Waals surface area contributed by atoms with E-state index in [0.717, 1.165) is 32.6 Å². The lowest BCUT2D eigenvalue weighted by Crippen LogP contribution is -2.38. The molecule has 2 N–H and O–H groups in total. The molecule has 1 aromatic rings. The first-order valence-corrected chi connectivity index (χ1v) is 6.76. The first-order valence-electron chi connectivity index (χ1n) is 6.76. The molecule has 0 amide bonds. The van der Waals surface area contributed by atoms with Crippen LogP contribution in [0.2, 0.25) is 0 Å². The number of hydrogen-bond donors (Lipinski definition) is 1. The molecule has 1 fully saturated rings. The second-order valence-electron chi connectivity index (χ2n) is 5.02. The fourth-order valence-electron chi connectivity index (χ4n) is 2.62. The number of rotatable bonds is 5. The van der Waals surface area contributed by atoms with Gasteiger partial charge in [-0.2, -0.15) is 5.10 Å². The number of hydrogen-bond acceptors (Lipinski definition) is 3. The van der Waals surface area contributed by atoms with Crippen molar-refractivity contribution >= 4 is 0 Å². The van der Waals surface area contributed by atoms with Gasteiger partial charge in [0, 0.05) is 25.8 Å². The van der Waals surface area contributed by atoms with E-state index in [2.05, 4.69) is 27.7 Å². The van der Waals surface area contributed by atoms with Gasteiger partial charge in [0.1, 0.15) is 0 Å². The lowest BCUT2D eigenvalue weighted by molar-refractivity contribution is 0.167. The van der Waals surface area contributed by atoms with Gasteiger partial charge in [0.05, 0.1) is 5.69 Å². The highest BCUT2D eigenvalue weighted by Gasteiger charge is 2.19. The van der Waals surface area contributed by atoms with Crippen LogP contribution in [-0.2, 0) is 13.1 Å². The highest BCUT2D eigenvalue weighted by atomic mass is 15.3. The minimum atomic E-state index is 0.686. The monoisotopic (exact) mass is 236 g/mol. The molecule has 2 heterocycles. The van der Waals surface area contributed by atoms with E-state index in [1.807, 2.05) is 6.20 Å². The number of nitrogens with zero attached hydrogens (tertiary/aromatic N) is 3. The first kappa shape index (κ1) is 12.6. The van der Waals surface area contributed by atoms with E-state index >= 15 is 0 Å². The van der Waals surface area contributed by atoms with E-state index in [9.17, 15) is 0 Å². The molecule has 0 spiro atoms. The van der Waals surface area contributed by atoms with Gasteiger partial charge in [0.2, 0.25) is 0 Å². The number of likely N-dealkylation sites (tertiary alicyclic amines) is 1. The summed E-state index contributed by atoms with van der Waals surface area (Å²) in [5.74, 6) is 0.686. The van der Waals surface area contributed by atoms with Crippen molar-refractivity contribution < 1.29 is 0 Å². The molecule has 0 aromatic carbocycles. The summed E-state index contributed by atoms with van der Waals surface area (Å²) >= 11 is 0. The van der Waals surface area contributed by atoms with Crippen molar-refractivity contribution in [1.82, 2.24) is 14.7 Å². The molecule has 0 bridgehead atoms. The Balaban J connectivity index is 1.93. The van der Waals surface area contributed by atoms with Crippen LogP contribution in [0, 0.1) is 5.92 Å². The molecule has 0 aliphatic carbocycles. The molecular weight excluding hydrogens is 212 g/mol. The smallest absolute Gasteiger partial charge is 0.0524 e. The zero-order chi connectivity index (χ0) is 12.1. The lowest BCUT2D eigenvalue weighted by Gasteiger charge is -2.32. The summed E-state index contributed by atoms with van der Waals surface area (Å²) in [7, 11) is 0. The van der Waals surface area contributed by atoms with Crippen LogP contribution in [0.3, 0.4) is 0 Å². The summed E-state index contributed by atoms with van der Waals surface area (Å²) in [4.78, 5) is 2.52. The third-order valence-electron chi connectivity index (χ3n) is 3.56. The Labute approximate surface area is 104 Å². The van der Waals surface area contributed by atoms with E-state index in [-0.39, 0.29) is 0 Å². The average molecular weight is 236 g/mol. The molecule has 0 saturated carbocycles. The SMILES string of the molecule is CCCn1nccc1CN1CCCC(CN)C1. The molecule has 1 unspecified atom stereocenters. The Morgan fingerprint density at radius 3 is 3.18 bits per heavy atom. The van der Waals surface area contributed by atoms with Crippen LogP contribution in [0.1, 0.15) is 31.9 Å². The summed E-state index contributed by atoms with van der Waals surface area (Å²) in [5, 5.41) is 4.38. The Morgan fingerprint density at radius 2 is 2.41 bits per heavy atom. The normalized spacial score (nSPS) is 21.9. The van der Waals surface area contributed by atoms with Gasteiger partial charge in [-0.15, -0.1) is 0 Å². The molecule has 96 valence electrons. The van der Waals surface area contributed by atoms with Gasteiger partial charge in [-0.05, 0) is 44.3 Å². The minimum Gasteiger partial charge on any atom is -0.330 e. The van der Waals surface area contributed by atoms with Crippen molar-refractivity contribution in [2.45, 2.75) is 39.3 Å². The summed E-state index contributed by atoms with van der Waals surface area (Å²) < 4.78 is 2.13. The van der Waals surface area contributed by atoms with Gasteiger partial charge >= 0.3 is 0 Å². The second kappa shape index (κ2) is 6.17. The highest BCUT2D eigenvalue weighted by Crippen LogP contribution is 2.17. The van der Waals surface area contributed by atoms with Crippen LogP contribution >= 0.6 is 0 Å². The number of aromatic nitrogens is 2. The molecule has 4 nitrogen and oxygen atoms in total. The number of piperidine rings is 1. The zero-order valence-electron chi connectivity index (χ0n) is 10.8. The number of aryl methyl sites for hydroxylation is 1. The first-order chi connectivity index (χ1) is 8.33. The maximum atomic E-state index is 5.77. The molecule has 1 saturated heterocycles. The number of nitrogens with two attached hydrogens (primary N) is 1. The minimum absolute atomic E-state index is 0.686. The van der Waals surface area contributed by atoms with E-state index in [4.69, 9.17) is 5.73 Å². The van der Waals surface area contributed by atoms with E-state index < -0.39 is 0 Å². The molecule has 4 heteroatoms. The summed E-state index contributed by atoms with van der Waals surface area (Å²) in [6, 6.07) is 2.14. The maximum Gasteiger partial charge on any atom is 0.0524 e. The standard InChI is InChI=1S/C13H24N4/c1-2-7-17-13(5-6-15-17)11-16-8-3-4-12(9-14)10-16/h5-6,12H,2-4,7-11,14H2,1H3. The van der Waals surface area contributed by atoms with Gasteiger partial charge < -0.3 is 5.73 Å². The molecule has 1 atom stereocenters. The predicted octanol–water partition coefficient (Wildman–Crippen LogP) is 1.46. The average Bonchev–Trinajstić information content (AvgIpc) is 2.78. The van der Waals surface area contributed by atoms with Crippen LogP contribution in [0.5, 0.6) is 0 Å². The molecule has 0 radical (unpaired) electrons. The fourth-order valence-corrected chi connectivity index (χ4v) is 2.62. The molecule has 17 heavy (non-hydrogen) atoms. The van der Waals surface area contributed by atoms with Gasteiger partial charge in [-0.3, -0.25) is 9.58 Å². The topological polar surface area (TPSA) is 47.1 Å². The van der Waals surface area contributed by atoms with Crippen molar-refractivity contribution in [2.24, 2.45) is 11.7 Å². The van der Waals surface area contributed by atoms with Crippen molar-refractivity contribution in [1.29, 1.82) is 0 Å². The Morgan fingerprint density at radius 1 is 1.53 bits per heavy atom. The van der Waals surface area contributed by atoms with E-state index in [1.165, 1.54) is 25.1 Å². The van der Waals surface area contributed by atoms with Gasteiger partial charge in [-0.1, -0.05) is 6.92 Å². The zero-order valence-corrected chi connectivity index (χ0v) is 10.8. The molecule has 1 aromatic heterocycles. The molecule has 2 rings (SSSR count). The van der Waals surface area contributed by atoms with Crippen molar-refractivity contribution in [3.8, 4) is 0 Å². The molecule has 1 aliphatic heterocycles. The van der Waals surface area contributed by atoms with Crippen LogP contribution < -0.4 is 5.73 Å². The quantitative estimate of drug-likeness (QED) is 0.842. The van der Waals surface area contributed by atoms with Crippen molar-refractivity contribution in [3.63, 3.8) is 0 Å².